The van der Waals surface area contributed by atoms with E-state index in [1.807, 2.05) is 12.1 Å². The summed E-state index contributed by atoms with van der Waals surface area (Å²) < 4.78 is 0. The minimum absolute atomic E-state index is 0.0458. The van der Waals surface area contributed by atoms with Crippen LogP contribution in [0.15, 0.2) is 48.5 Å². The van der Waals surface area contributed by atoms with Crippen LogP contribution >= 0.6 is 0 Å². The largest absolute Gasteiger partial charge is 0.357 e. The predicted molar refractivity (Wildman–Crippen MR) is 104 cm³/mol. The van der Waals surface area contributed by atoms with Crippen molar-refractivity contribution in [3.05, 3.63) is 75.5 Å². The molecule has 0 spiro atoms. The number of non-ortho nitro benzene ring substituents is 1. The second-order valence-electron chi connectivity index (χ2n) is 6.97. The molecule has 0 bridgehead atoms. The molecule has 27 heavy (non-hydrogen) atoms. The first kappa shape index (κ1) is 17.3. The Morgan fingerprint density at radius 1 is 1.19 bits per heavy atom. The fourth-order valence-electron chi connectivity index (χ4n) is 3.91. The highest BCUT2D eigenvalue weighted by atomic mass is 16.6. The van der Waals surface area contributed by atoms with Gasteiger partial charge in [0.1, 0.15) is 0 Å². The molecule has 4 rings (SSSR count). The van der Waals surface area contributed by atoms with Gasteiger partial charge in [0, 0.05) is 35.3 Å². The van der Waals surface area contributed by atoms with Gasteiger partial charge in [-0.25, -0.2) is 0 Å². The third-order valence-electron chi connectivity index (χ3n) is 5.29. The maximum atomic E-state index is 12.8. The molecule has 138 valence electrons. The van der Waals surface area contributed by atoms with Crippen LogP contribution in [0.4, 0.5) is 5.69 Å². The van der Waals surface area contributed by atoms with E-state index >= 15 is 0 Å². The van der Waals surface area contributed by atoms with Gasteiger partial charge in [-0.15, -0.1) is 0 Å². The molecule has 6 heteroatoms. The first-order valence-electron chi connectivity index (χ1n) is 9.24. The fourth-order valence-corrected chi connectivity index (χ4v) is 3.91. The second kappa shape index (κ2) is 7.23. The summed E-state index contributed by atoms with van der Waals surface area (Å²) in [4.78, 5) is 26.5. The quantitative estimate of drug-likeness (QED) is 0.533. The van der Waals surface area contributed by atoms with Gasteiger partial charge in [-0.3, -0.25) is 14.9 Å². The van der Waals surface area contributed by atoms with Gasteiger partial charge in [-0.1, -0.05) is 30.3 Å². The average Bonchev–Trinajstić information content (AvgIpc) is 3.07. The number of nitro groups is 1. The number of hydrogen-bond donors (Lipinski definition) is 2. The van der Waals surface area contributed by atoms with Gasteiger partial charge < -0.3 is 10.3 Å². The molecule has 0 fully saturated rings. The highest BCUT2D eigenvalue weighted by molar-refractivity contribution is 5.90. The lowest BCUT2D eigenvalue weighted by molar-refractivity contribution is -0.384. The summed E-state index contributed by atoms with van der Waals surface area (Å²) in [6, 6.07) is 14.7. The van der Waals surface area contributed by atoms with Crippen molar-refractivity contribution in [2.75, 3.05) is 6.54 Å². The molecule has 1 atom stereocenters. The Kier molecular flexibility index (Phi) is 4.62. The smallest absolute Gasteiger partial charge is 0.269 e. The van der Waals surface area contributed by atoms with E-state index in [1.165, 1.54) is 23.1 Å². The molecule has 1 aliphatic rings. The molecule has 2 N–H and O–H groups in total. The van der Waals surface area contributed by atoms with Crippen LogP contribution < -0.4 is 5.32 Å². The van der Waals surface area contributed by atoms with Crippen molar-refractivity contribution in [3.63, 3.8) is 0 Å². The Hall–Kier alpha value is -3.15. The number of nitrogens with zero attached hydrogens (tertiary/aromatic N) is 1. The number of rotatable bonds is 5. The van der Waals surface area contributed by atoms with Crippen molar-refractivity contribution in [2.24, 2.45) is 0 Å². The molecule has 1 aliphatic carbocycles. The van der Waals surface area contributed by atoms with E-state index in [9.17, 15) is 14.9 Å². The minimum atomic E-state index is -0.410. The molecule has 0 saturated heterocycles. The molecule has 1 aromatic heterocycles. The Bertz CT molecular complexity index is 992. The van der Waals surface area contributed by atoms with Crippen LogP contribution in [0, 0.1) is 10.1 Å². The summed E-state index contributed by atoms with van der Waals surface area (Å²) in [5.74, 6) is -0.0950. The van der Waals surface area contributed by atoms with Gasteiger partial charge in [0.25, 0.3) is 5.69 Å². The number of nitrogens with one attached hydrogen (secondary N) is 2. The van der Waals surface area contributed by atoms with Crippen molar-refractivity contribution < 1.29 is 9.72 Å². The van der Waals surface area contributed by atoms with E-state index in [0.29, 0.717) is 13.0 Å². The number of para-hydroxylation sites is 1. The topological polar surface area (TPSA) is 88.0 Å². The molecule has 1 amide bonds. The zero-order valence-electron chi connectivity index (χ0n) is 14.9. The first-order valence-corrected chi connectivity index (χ1v) is 9.24. The number of carbonyl (C=O) groups is 1. The number of hydrogen-bond acceptors (Lipinski definition) is 3. The van der Waals surface area contributed by atoms with E-state index in [0.717, 1.165) is 36.0 Å². The van der Waals surface area contributed by atoms with Crippen LogP contribution in [-0.2, 0) is 17.6 Å². The van der Waals surface area contributed by atoms with Gasteiger partial charge in [0.15, 0.2) is 0 Å². The molecule has 0 saturated carbocycles. The molecule has 1 heterocycles. The second-order valence-corrected chi connectivity index (χ2v) is 6.97. The third kappa shape index (κ3) is 3.43. The summed E-state index contributed by atoms with van der Waals surface area (Å²) in [5, 5.41) is 15.0. The van der Waals surface area contributed by atoms with Crippen LogP contribution in [0.25, 0.3) is 10.9 Å². The molecule has 3 aromatic rings. The van der Waals surface area contributed by atoms with Gasteiger partial charge in [0.2, 0.25) is 5.91 Å². The predicted octanol–water partition coefficient (Wildman–Crippen LogP) is 3.85. The lowest BCUT2D eigenvalue weighted by Crippen LogP contribution is -2.32. The molecule has 1 unspecified atom stereocenters. The highest BCUT2D eigenvalue weighted by Crippen LogP contribution is 2.36. The summed E-state index contributed by atoms with van der Waals surface area (Å²) in [6.45, 7) is 0.517. The van der Waals surface area contributed by atoms with Crippen molar-refractivity contribution in [1.82, 2.24) is 10.3 Å². The maximum absolute atomic E-state index is 12.8. The van der Waals surface area contributed by atoms with Gasteiger partial charge in [-0.2, -0.15) is 0 Å². The maximum Gasteiger partial charge on any atom is 0.269 e. The molecule has 0 radical (unpaired) electrons. The van der Waals surface area contributed by atoms with Gasteiger partial charge in [-0.05, 0) is 42.9 Å². The Balaban J connectivity index is 1.41. The van der Waals surface area contributed by atoms with Crippen molar-refractivity contribution in [1.29, 1.82) is 0 Å². The van der Waals surface area contributed by atoms with Gasteiger partial charge in [0.05, 0.1) is 10.8 Å². The number of benzene rings is 2. The number of aryl methyl sites for hydroxylation is 1. The van der Waals surface area contributed by atoms with E-state index in [1.54, 1.807) is 12.1 Å². The number of amides is 1. The van der Waals surface area contributed by atoms with Crippen molar-refractivity contribution in [3.8, 4) is 0 Å². The summed E-state index contributed by atoms with van der Waals surface area (Å²) in [5.41, 5.74) is 4.46. The molecular formula is C21H21N3O3. The first-order chi connectivity index (χ1) is 13.1. The lowest BCUT2D eigenvalue weighted by Gasteiger charge is -2.22. The van der Waals surface area contributed by atoms with E-state index in [2.05, 4.69) is 22.4 Å². The number of aromatic nitrogens is 1. The standard InChI is InChI=1S/C21H21N3O3/c25-21(22-13-12-14-8-10-15(11-9-14)24(26)27)18-6-3-5-17-16-4-1-2-7-19(16)23-20(17)18/h1-2,4,7-11,18,23H,3,5-6,12-13H2,(H,22,25). The van der Waals surface area contributed by atoms with E-state index < -0.39 is 4.92 Å². The minimum Gasteiger partial charge on any atom is -0.357 e. The fraction of sp³-hybridized carbons (Fsp3) is 0.286. The number of H-pyrrole nitrogens is 1. The monoisotopic (exact) mass is 363 g/mol. The highest BCUT2D eigenvalue weighted by Gasteiger charge is 2.29. The SMILES string of the molecule is O=C(NCCc1ccc([N+](=O)[O-])cc1)C1CCCc2c1[nH]c1ccccc21. The Morgan fingerprint density at radius 3 is 2.74 bits per heavy atom. The Labute approximate surface area is 156 Å². The molecular weight excluding hydrogens is 342 g/mol. The number of carbonyl (C=O) groups excluding carboxylic acids is 1. The zero-order chi connectivity index (χ0) is 18.8. The van der Waals surface area contributed by atoms with E-state index in [-0.39, 0.29) is 17.5 Å². The van der Waals surface area contributed by atoms with Crippen LogP contribution in [0.3, 0.4) is 0 Å². The van der Waals surface area contributed by atoms with Gasteiger partial charge >= 0.3 is 0 Å². The lowest BCUT2D eigenvalue weighted by atomic mass is 9.86. The van der Waals surface area contributed by atoms with Crippen LogP contribution in [0.2, 0.25) is 0 Å². The third-order valence-corrected chi connectivity index (χ3v) is 5.29. The van der Waals surface area contributed by atoms with Crippen LogP contribution in [0.5, 0.6) is 0 Å². The Morgan fingerprint density at radius 2 is 1.96 bits per heavy atom. The van der Waals surface area contributed by atoms with Crippen LogP contribution in [0.1, 0.15) is 35.6 Å². The summed E-state index contributed by atoms with van der Waals surface area (Å²) in [7, 11) is 0. The zero-order valence-corrected chi connectivity index (χ0v) is 14.9. The van der Waals surface area contributed by atoms with Crippen LogP contribution in [-0.4, -0.2) is 22.4 Å². The molecule has 2 aromatic carbocycles. The molecule has 0 aliphatic heterocycles. The summed E-state index contributed by atoms with van der Waals surface area (Å²) >= 11 is 0. The summed E-state index contributed by atoms with van der Waals surface area (Å²) in [6.07, 6.45) is 3.51. The number of nitro benzene ring substituents is 1. The van der Waals surface area contributed by atoms with Crippen molar-refractivity contribution in [2.45, 2.75) is 31.6 Å². The van der Waals surface area contributed by atoms with Crippen molar-refractivity contribution >= 4 is 22.5 Å². The number of fused-ring (bicyclic) bond motifs is 3. The molecule has 6 nitrogen and oxygen atoms in total. The van der Waals surface area contributed by atoms with E-state index in [4.69, 9.17) is 0 Å². The number of aromatic amines is 1. The average molecular weight is 363 g/mol. The normalized spacial score (nSPS) is 16.1.